The summed E-state index contributed by atoms with van der Waals surface area (Å²) >= 11 is 0. The van der Waals surface area contributed by atoms with Gasteiger partial charge < -0.3 is 15.2 Å². The van der Waals surface area contributed by atoms with E-state index in [1.54, 1.807) is 6.92 Å². The van der Waals surface area contributed by atoms with E-state index < -0.39 is 5.97 Å². The van der Waals surface area contributed by atoms with Crippen molar-refractivity contribution in [1.29, 1.82) is 0 Å². The second-order valence-corrected chi connectivity index (χ2v) is 7.21. The second kappa shape index (κ2) is 11.7. The number of hydrogen-bond acceptors (Lipinski definition) is 4. The molecule has 2 unspecified atom stereocenters. The van der Waals surface area contributed by atoms with Crippen LogP contribution in [-0.4, -0.2) is 36.2 Å². The minimum Gasteiger partial charge on any atom is -0.481 e. The van der Waals surface area contributed by atoms with Gasteiger partial charge in [0.1, 0.15) is 6.10 Å². The van der Waals surface area contributed by atoms with Gasteiger partial charge in [-0.2, -0.15) is 0 Å². The third kappa shape index (κ3) is 8.48. The summed E-state index contributed by atoms with van der Waals surface area (Å²) < 4.78 is 5.60. The zero-order valence-corrected chi connectivity index (χ0v) is 16.5. The summed E-state index contributed by atoms with van der Waals surface area (Å²) in [5, 5.41) is 11.0. The van der Waals surface area contributed by atoms with E-state index in [-0.39, 0.29) is 24.4 Å². The monoisotopic (exact) mass is 363 g/mol. The highest BCUT2D eigenvalue weighted by Gasteiger charge is 2.22. The molecule has 0 aromatic heterocycles. The van der Waals surface area contributed by atoms with Gasteiger partial charge in [-0.05, 0) is 49.8 Å². The predicted molar refractivity (Wildman–Crippen MR) is 103 cm³/mol. The van der Waals surface area contributed by atoms with Crippen LogP contribution >= 0.6 is 0 Å². The number of carbonyl (C=O) groups excluding carboxylic acids is 1. The van der Waals surface area contributed by atoms with Gasteiger partial charge in [0.25, 0.3) is 0 Å². The van der Waals surface area contributed by atoms with Gasteiger partial charge in [0.2, 0.25) is 0 Å². The third-order valence-electron chi connectivity index (χ3n) is 4.31. The van der Waals surface area contributed by atoms with Crippen LogP contribution in [0, 0.1) is 5.92 Å². The smallest absolute Gasteiger partial charge is 0.313 e. The number of benzene rings is 1. The fourth-order valence-corrected chi connectivity index (χ4v) is 2.74. The minimum atomic E-state index is -0.745. The van der Waals surface area contributed by atoms with Crippen molar-refractivity contribution >= 4 is 11.9 Å². The Kier molecular flexibility index (Phi) is 9.96. The molecule has 1 aliphatic heterocycles. The topological polar surface area (TPSA) is 75.6 Å². The molecule has 0 spiro atoms. The second-order valence-electron chi connectivity index (χ2n) is 7.21. The molecule has 1 aromatic rings. The number of rotatable bonds is 6. The molecule has 2 rings (SSSR count). The quantitative estimate of drug-likeness (QED) is 0.753. The van der Waals surface area contributed by atoms with Crippen molar-refractivity contribution in [3.63, 3.8) is 0 Å². The zero-order chi connectivity index (χ0) is 19.5. The lowest BCUT2D eigenvalue weighted by Crippen LogP contribution is -2.37. The van der Waals surface area contributed by atoms with E-state index in [1.807, 2.05) is 6.92 Å². The van der Waals surface area contributed by atoms with Gasteiger partial charge in [0, 0.05) is 13.0 Å². The molecule has 146 valence electrons. The van der Waals surface area contributed by atoms with Gasteiger partial charge in [-0.1, -0.05) is 45.0 Å². The average molecular weight is 363 g/mol. The maximum absolute atomic E-state index is 12.2. The Morgan fingerprint density at radius 1 is 1.23 bits per heavy atom. The molecule has 1 saturated heterocycles. The Hall–Kier alpha value is -1.88. The SMILES string of the molecule is CC(C)Cc1ccc(C(C)C(=O)OC2CCCNC2)cc1.CCC(=O)O. The molecule has 5 heteroatoms. The highest BCUT2D eigenvalue weighted by molar-refractivity contribution is 5.77. The Bertz CT molecular complexity index is 548. The predicted octanol–water partition coefficient (Wildman–Crippen LogP) is 3.76. The molecule has 2 atom stereocenters. The van der Waals surface area contributed by atoms with Crippen molar-refractivity contribution in [3.8, 4) is 0 Å². The van der Waals surface area contributed by atoms with E-state index in [2.05, 4.69) is 43.4 Å². The Morgan fingerprint density at radius 2 is 1.85 bits per heavy atom. The van der Waals surface area contributed by atoms with E-state index in [0.717, 1.165) is 37.9 Å². The first-order valence-corrected chi connectivity index (χ1v) is 9.55. The number of esters is 1. The fraction of sp³-hybridized carbons (Fsp3) is 0.619. The van der Waals surface area contributed by atoms with Crippen LogP contribution in [0.2, 0.25) is 0 Å². The molecule has 1 heterocycles. The first-order chi connectivity index (χ1) is 12.3. The zero-order valence-electron chi connectivity index (χ0n) is 16.5. The summed E-state index contributed by atoms with van der Waals surface area (Å²) in [5.74, 6) is -0.401. The van der Waals surface area contributed by atoms with Crippen molar-refractivity contribution < 1.29 is 19.4 Å². The molecule has 5 nitrogen and oxygen atoms in total. The molecule has 1 aliphatic rings. The number of ether oxygens (including phenoxy) is 1. The number of hydrogen-bond donors (Lipinski definition) is 2. The molecular weight excluding hydrogens is 330 g/mol. The maximum Gasteiger partial charge on any atom is 0.313 e. The van der Waals surface area contributed by atoms with Crippen molar-refractivity contribution in [2.45, 2.75) is 65.4 Å². The first-order valence-electron chi connectivity index (χ1n) is 9.55. The molecule has 0 radical (unpaired) electrons. The number of carboxylic acid groups (broad SMARTS) is 1. The lowest BCUT2D eigenvalue weighted by molar-refractivity contribution is -0.151. The largest absolute Gasteiger partial charge is 0.481 e. The molecule has 0 saturated carbocycles. The number of piperidine rings is 1. The summed E-state index contributed by atoms with van der Waals surface area (Å²) in [6.07, 6.45) is 3.39. The Balaban J connectivity index is 0.000000597. The van der Waals surface area contributed by atoms with Crippen LogP contribution in [0.15, 0.2) is 24.3 Å². The molecule has 1 aromatic carbocycles. The number of carboxylic acids is 1. The third-order valence-corrected chi connectivity index (χ3v) is 4.31. The molecular formula is C21H33NO4. The lowest BCUT2D eigenvalue weighted by Gasteiger charge is -2.24. The fourth-order valence-electron chi connectivity index (χ4n) is 2.74. The Labute approximate surface area is 157 Å². The summed E-state index contributed by atoms with van der Waals surface area (Å²) in [6, 6.07) is 8.37. The van der Waals surface area contributed by atoms with Crippen LogP contribution in [0.1, 0.15) is 64.0 Å². The van der Waals surface area contributed by atoms with Crippen LogP contribution in [0.25, 0.3) is 0 Å². The van der Waals surface area contributed by atoms with Crippen LogP contribution in [0.4, 0.5) is 0 Å². The number of nitrogens with one attached hydrogen (secondary N) is 1. The van der Waals surface area contributed by atoms with Gasteiger partial charge in [-0.3, -0.25) is 9.59 Å². The van der Waals surface area contributed by atoms with E-state index in [1.165, 1.54) is 5.56 Å². The van der Waals surface area contributed by atoms with Gasteiger partial charge in [-0.25, -0.2) is 0 Å². The van der Waals surface area contributed by atoms with E-state index in [0.29, 0.717) is 5.92 Å². The van der Waals surface area contributed by atoms with Crippen molar-refractivity contribution in [2.24, 2.45) is 5.92 Å². The highest BCUT2D eigenvalue weighted by Crippen LogP contribution is 2.20. The molecule has 1 fully saturated rings. The lowest BCUT2D eigenvalue weighted by atomic mass is 9.97. The van der Waals surface area contributed by atoms with Gasteiger partial charge in [-0.15, -0.1) is 0 Å². The summed E-state index contributed by atoms with van der Waals surface area (Å²) in [4.78, 5) is 21.6. The van der Waals surface area contributed by atoms with Crippen molar-refractivity contribution in [2.75, 3.05) is 13.1 Å². The standard InChI is InChI=1S/C18H27NO2.C3H6O2/c1-13(2)11-15-6-8-16(9-7-15)14(3)18(20)21-17-5-4-10-19-12-17;1-2-3(4)5/h6-9,13-14,17,19H,4-5,10-12H2,1-3H3;2H2,1H3,(H,4,5). The number of aliphatic carboxylic acids is 1. The summed E-state index contributed by atoms with van der Waals surface area (Å²) in [5.41, 5.74) is 2.36. The molecule has 0 bridgehead atoms. The van der Waals surface area contributed by atoms with Crippen LogP contribution in [0.3, 0.4) is 0 Å². The molecule has 26 heavy (non-hydrogen) atoms. The normalized spacial score (nSPS) is 17.8. The molecule has 0 amide bonds. The minimum absolute atomic E-state index is 0.0360. The van der Waals surface area contributed by atoms with E-state index in [4.69, 9.17) is 9.84 Å². The van der Waals surface area contributed by atoms with E-state index in [9.17, 15) is 9.59 Å². The summed E-state index contributed by atoms with van der Waals surface area (Å²) in [6.45, 7) is 9.77. The molecule has 2 N–H and O–H groups in total. The van der Waals surface area contributed by atoms with Crippen molar-refractivity contribution in [3.05, 3.63) is 35.4 Å². The van der Waals surface area contributed by atoms with Crippen molar-refractivity contribution in [1.82, 2.24) is 5.32 Å². The van der Waals surface area contributed by atoms with Crippen LogP contribution < -0.4 is 5.32 Å². The van der Waals surface area contributed by atoms with Crippen LogP contribution in [-0.2, 0) is 20.7 Å². The van der Waals surface area contributed by atoms with Crippen LogP contribution in [0.5, 0.6) is 0 Å². The average Bonchev–Trinajstić information content (AvgIpc) is 2.62. The van der Waals surface area contributed by atoms with Gasteiger partial charge in [0.15, 0.2) is 0 Å². The maximum atomic E-state index is 12.2. The van der Waals surface area contributed by atoms with Gasteiger partial charge >= 0.3 is 11.9 Å². The van der Waals surface area contributed by atoms with E-state index >= 15 is 0 Å². The Morgan fingerprint density at radius 3 is 2.31 bits per heavy atom. The highest BCUT2D eigenvalue weighted by atomic mass is 16.5. The van der Waals surface area contributed by atoms with Gasteiger partial charge in [0.05, 0.1) is 5.92 Å². The molecule has 0 aliphatic carbocycles. The number of carbonyl (C=O) groups is 2. The summed E-state index contributed by atoms with van der Waals surface area (Å²) in [7, 11) is 0. The first kappa shape index (κ1) is 22.2.